The summed E-state index contributed by atoms with van der Waals surface area (Å²) >= 11 is 2.00. The fourth-order valence-corrected chi connectivity index (χ4v) is 4.61. The molecule has 8 heteroatoms. The quantitative estimate of drug-likeness (QED) is 0.373. The summed E-state index contributed by atoms with van der Waals surface area (Å²) in [6.45, 7) is 1.51. The normalized spacial score (nSPS) is 16.2. The molecular weight excluding hydrogens is 459 g/mol. The molecule has 1 heterocycles. The maximum atomic E-state index is 4.34. The van der Waals surface area contributed by atoms with E-state index in [2.05, 4.69) is 56.0 Å². The number of aliphatic imine (C=N–C) groups is 1. The van der Waals surface area contributed by atoms with Crippen LogP contribution in [0, 0.1) is 0 Å². The lowest BCUT2D eigenvalue weighted by atomic mass is 10.1. The van der Waals surface area contributed by atoms with Gasteiger partial charge in [-0.05, 0) is 25.0 Å². The van der Waals surface area contributed by atoms with Gasteiger partial charge in [-0.25, -0.2) is 4.98 Å². The lowest BCUT2D eigenvalue weighted by Gasteiger charge is -2.29. The summed E-state index contributed by atoms with van der Waals surface area (Å²) in [6, 6.07) is 10.7. The molecule has 1 fully saturated rings. The van der Waals surface area contributed by atoms with E-state index in [1.165, 1.54) is 30.6 Å². The van der Waals surface area contributed by atoms with Gasteiger partial charge in [-0.2, -0.15) is 5.10 Å². The fourth-order valence-electron chi connectivity index (χ4n) is 3.18. The first-order valence-electron chi connectivity index (χ1n) is 8.72. The Morgan fingerprint density at radius 2 is 1.96 bits per heavy atom. The molecule has 0 saturated heterocycles. The predicted molar refractivity (Wildman–Crippen MR) is 118 cm³/mol. The van der Waals surface area contributed by atoms with Crippen molar-refractivity contribution in [3.63, 3.8) is 0 Å². The molecular formula is C18H27IN6S. The molecule has 0 spiro atoms. The number of thioether (sulfide) groups is 1. The summed E-state index contributed by atoms with van der Waals surface area (Å²) in [6.07, 6.45) is 6.63. The highest BCUT2D eigenvalue weighted by Crippen LogP contribution is 2.44. The Labute approximate surface area is 176 Å². The highest BCUT2D eigenvalue weighted by molar-refractivity contribution is 14.0. The van der Waals surface area contributed by atoms with E-state index in [0.717, 1.165) is 18.3 Å². The Morgan fingerprint density at radius 3 is 2.58 bits per heavy atom. The number of rotatable bonds is 6. The van der Waals surface area contributed by atoms with Crippen LogP contribution in [0.25, 0.3) is 0 Å². The van der Waals surface area contributed by atoms with Gasteiger partial charge >= 0.3 is 0 Å². The van der Waals surface area contributed by atoms with Crippen LogP contribution in [0.5, 0.6) is 0 Å². The average molecular weight is 486 g/mol. The van der Waals surface area contributed by atoms with Crippen molar-refractivity contribution in [1.82, 2.24) is 25.4 Å². The molecule has 0 bridgehead atoms. The number of aromatic nitrogens is 3. The molecule has 2 aromatic rings. The Balaban J connectivity index is 0.00000243. The van der Waals surface area contributed by atoms with Crippen molar-refractivity contribution in [2.75, 3.05) is 13.6 Å². The van der Waals surface area contributed by atoms with Crippen LogP contribution in [-0.4, -0.2) is 39.1 Å². The zero-order chi connectivity index (χ0) is 17.5. The van der Waals surface area contributed by atoms with Crippen molar-refractivity contribution >= 4 is 41.7 Å². The monoisotopic (exact) mass is 486 g/mol. The van der Waals surface area contributed by atoms with Crippen LogP contribution in [0.2, 0.25) is 0 Å². The molecule has 1 saturated carbocycles. The third-order valence-corrected chi connectivity index (χ3v) is 6.11. The number of hydrogen-bond donors (Lipinski definition) is 2. The van der Waals surface area contributed by atoms with E-state index in [4.69, 9.17) is 0 Å². The van der Waals surface area contributed by atoms with Crippen LogP contribution in [0.3, 0.4) is 0 Å². The van der Waals surface area contributed by atoms with Gasteiger partial charge in [0.25, 0.3) is 0 Å². The molecule has 1 aromatic heterocycles. The van der Waals surface area contributed by atoms with Crippen LogP contribution >= 0.6 is 35.7 Å². The summed E-state index contributed by atoms with van der Waals surface area (Å²) < 4.78 is 2.01. The number of guanidine groups is 1. The molecule has 0 radical (unpaired) electrons. The highest BCUT2D eigenvalue weighted by Gasteiger charge is 2.35. The molecule has 0 amide bonds. The van der Waals surface area contributed by atoms with Crippen molar-refractivity contribution < 1.29 is 0 Å². The van der Waals surface area contributed by atoms with Crippen molar-refractivity contribution in [3.8, 4) is 0 Å². The number of aryl methyl sites for hydroxylation is 1. The first kappa shape index (κ1) is 21.0. The minimum Gasteiger partial charge on any atom is -0.355 e. The smallest absolute Gasteiger partial charge is 0.191 e. The number of halogens is 1. The molecule has 2 N–H and O–H groups in total. The van der Waals surface area contributed by atoms with E-state index < -0.39 is 0 Å². The molecule has 0 atom stereocenters. The van der Waals surface area contributed by atoms with Crippen LogP contribution in [0.4, 0.5) is 0 Å². The second-order valence-electron chi connectivity index (χ2n) is 6.38. The minimum atomic E-state index is 0. The average Bonchev–Trinajstić information content (AvgIpc) is 3.26. The van der Waals surface area contributed by atoms with Crippen LogP contribution in [0.1, 0.15) is 31.5 Å². The standard InChI is InChI=1S/C18H26N6S.HI/c1-19-17(20-12-16-22-14-23-24(16)2)21-13-18(10-6-7-11-18)25-15-8-4-3-5-9-15;/h3-5,8-9,14H,6-7,10-13H2,1-2H3,(H2,19,20,21);1H. The molecule has 0 aliphatic heterocycles. The van der Waals surface area contributed by atoms with Gasteiger partial charge in [0.15, 0.2) is 5.96 Å². The van der Waals surface area contributed by atoms with Crippen molar-refractivity contribution in [2.24, 2.45) is 12.0 Å². The van der Waals surface area contributed by atoms with E-state index in [9.17, 15) is 0 Å². The van der Waals surface area contributed by atoms with E-state index in [1.807, 2.05) is 18.8 Å². The van der Waals surface area contributed by atoms with Gasteiger partial charge in [-0.15, -0.1) is 35.7 Å². The maximum absolute atomic E-state index is 4.34. The Hall–Kier alpha value is -1.29. The second-order valence-corrected chi connectivity index (χ2v) is 7.93. The van der Waals surface area contributed by atoms with Crippen LogP contribution in [-0.2, 0) is 13.6 Å². The molecule has 142 valence electrons. The number of nitrogens with zero attached hydrogens (tertiary/aromatic N) is 4. The van der Waals surface area contributed by atoms with Crippen molar-refractivity contribution in [3.05, 3.63) is 42.5 Å². The Kier molecular flexibility index (Phi) is 8.20. The van der Waals surface area contributed by atoms with E-state index >= 15 is 0 Å². The molecule has 1 aliphatic carbocycles. The third-order valence-electron chi connectivity index (χ3n) is 4.61. The number of nitrogens with one attached hydrogen (secondary N) is 2. The number of benzene rings is 1. The number of hydrogen-bond acceptors (Lipinski definition) is 4. The van der Waals surface area contributed by atoms with E-state index in [-0.39, 0.29) is 28.7 Å². The molecule has 1 aliphatic rings. The maximum Gasteiger partial charge on any atom is 0.191 e. The third kappa shape index (κ3) is 5.60. The fraction of sp³-hybridized carbons (Fsp3) is 0.500. The summed E-state index contributed by atoms with van der Waals surface area (Å²) in [5.74, 6) is 1.69. The SMILES string of the molecule is CN=C(NCc1ncnn1C)NCC1(Sc2ccccc2)CCCC1.I. The van der Waals surface area contributed by atoms with Crippen molar-refractivity contribution in [1.29, 1.82) is 0 Å². The summed E-state index contributed by atoms with van der Waals surface area (Å²) in [5.41, 5.74) is 0. The van der Waals surface area contributed by atoms with Gasteiger partial charge in [0.1, 0.15) is 12.2 Å². The first-order valence-corrected chi connectivity index (χ1v) is 9.54. The van der Waals surface area contributed by atoms with Gasteiger partial charge in [-0.3, -0.25) is 9.67 Å². The Bertz CT molecular complexity index is 697. The summed E-state index contributed by atoms with van der Waals surface area (Å²) in [4.78, 5) is 9.92. The van der Waals surface area contributed by atoms with Crippen LogP contribution < -0.4 is 10.6 Å². The zero-order valence-electron chi connectivity index (χ0n) is 15.3. The molecule has 3 rings (SSSR count). The second kappa shape index (κ2) is 10.1. The molecule has 26 heavy (non-hydrogen) atoms. The first-order chi connectivity index (χ1) is 12.2. The van der Waals surface area contributed by atoms with Gasteiger partial charge in [0.05, 0.1) is 6.54 Å². The molecule has 0 unspecified atom stereocenters. The largest absolute Gasteiger partial charge is 0.355 e. The predicted octanol–water partition coefficient (Wildman–Crippen LogP) is 3.20. The summed E-state index contributed by atoms with van der Waals surface area (Å²) in [7, 11) is 3.70. The Morgan fingerprint density at radius 1 is 1.23 bits per heavy atom. The minimum absolute atomic E-state index is 0. The topological polar surface area (TPSA) is 67.1 Å². The van der Waals surface area contributed by atoms with E-state index in [1.54, 1.807) is 18.1 Å². The van der Waals surface area contributed by atoms with Gasteiger partial charge in [0, 0.05) is 30.3 Å². The lowest BCUT2D eigenvalue weighted by Crippen LogP contribution is -2.44. The van der Waals surface area contributed by atoms with Gasteiger partial charge in [0.2, 0.25) is 0 Å². The summed E-state index contributed by atoms with van der Waals surface area (Å²) in [5, 5.41) is 10.9. The lowest BCUT2D eigenvalue weighted by molar-refractivity contribution is 0.580. The van der Waals surface area contributed by atoms with E-state index in [0.29, 0.717) is 6.54 Å². The van der Waals surface area contributed by atoms with Gasteiger partial charge in [-0.1, -0.05) is 31.0 Å². The zero-order valence-corrected chi connectivity index (χ0v) is 18.5. The van der Waals surface area contributed by atoms with Gasteiger partial charge < -0.3 is 10.6 Å². The van der Waals surface area contributed by atoms with Crippen LogP contribution in [0.15, 0.2) is 46.5 Å². The highest BCUT2D eigenvalue weighted by atomic mass is 127. The molecule has 1 aromatic carbocycles. The van der Waals surface area contributed by atoms with Crippen molar-refractivity contribution in [2.45, 2.75) is 41.9 Å². The molecule has 6 nitrogen and oxygen atoms in total.